The Kier molecular flexibility index (Phi) is 10.0. The lowest BCUT2D eigenvalue weighted by Gasteiger charge is -2.13. The SMILES string of the molecule is COCCNC(=C[N+](=O)[O-])NCCCOc1cccc(CN(C)C)c1. The van der Waals surface area contributed by atoms with Crippen molar-refractivity contribution in [2.75, 3.05) is 47.5 Å². The molecule has 2 N–H and O–H groups in total. The fraction of sp³-hybridized carbons (Fsp3) is 0.529. The molecule has 0 fully saturated rings. The lowest BCUT2D eigenvalue weighted by atomic mass is 10.2. The Hall–Kier alpha value is -2.32. The molecule has 0 unspecified atom stereocenters. The number of nitro groups is 1. The Morgan fingerprint density at radius 3 is 2.72 bits per heavy atom. The Morgan fingerprint density at radius 2 is 2.04 bits per heavy atom. The standard InChI is InChI=1S/C17H28N4O4/c1-20(2)13-15-6-4-7-16(12-15)25-10-5-8-18-17(14-21(22)23)19-9-11-24-3/h4,6-7,12,14,18-19H,5,8-11,13H2,1-3H3. The van der Waals surface area contributed by atoms with Gasteiger partial charge in [0.05, 0.1) is 18.1 Å². The number of nitrogens with one attached hydrogen (secondary N) is 2. The summed E-state index contributed by atoms with van der Waals surface area (Å²) in [7, 11) is 5.63. The third-order valence-electron chi connectivity index (χ3n) is 3.16. The zero-order valence-electron chi connectivity index (χ0n) is 15.2. The van der Waals surface area contributed by atoms with E-state index in [4.69, 9.17) is 9.47 Å². The Labute approximate surface area is 148 Å². The highest BCUT2D eigenvalue weighted by molar-refractivity contribution is 5.28. The van der Waals surface area contributed by atoms with Gasteiger partial charge in [-0.15, -0.1) is 0 Å². The topological polar surface area (TPSA) is 88.9 Å². The second-order valence-electron chi connectivity index (χ2n) is 5.76. The van der Waals surface area contributed by atoms with Crippen molar-refractivity contribution >= 4 is 0 Å². The lowest BCUT2D eigenvalue weighted by molar-refractivity contribution is -0.404. The molecule has 25 heavy (non-hydrogen) atoms. The van der Waals surface area contributed by atoms with Crippen molar-refractivity contribution in [3.8, 4) is 5.75 Å². The third-order valence-corrected chi connectivity index (χ3v) is 3.16. The van der Waals surface area contributed by atoms with Crippen LogP contribution in [0.2, 0.25) is 0 Å². The van der Waals surface area contributed by atoms with E-state index in [1.807, 2.05) is 32.3 Å². The molecule has 0 saturated heterocycles. The zero-order valence-corrected chi connectivity index (χ0v) is 15.2. The fourth-order valence-corrected chi connectivity index (χ4v) is 2.13. The molecule has 0 aliphatic rings. The van der Waals surface area contributed by atoms with Gasteiger partial charge in [-0.05, 0) is 38.2 Å². The minimum absolute atomic E-state index is 0.370. The summed E-state index contributed by atoms with van der Waals surface area (Å²) >= 11 is 0. The largest absolute Gasteiger partial charge is 0.494 e. The molecule has 1 aromatic rings. The van der Waals surface area contributed by atoms with E-state index >= 15 is 0 Å². The molecule has 0 spiro atoms. The molecule has 0 bridgehead atoms. The Balaban J connectivity index is 2.32. The van der Waals surface area contributed by atoms with Crippen LogP contribution in [-0.2, 0) is 11.3 Å². The van der Waals surface area contributed by atoms with Crippen LogP contribution in [0.4, 0.5) is 0 Å². The maximum atomic E-state index is 10.6. The van der Waals surface area contributed by atoms with Gasteiger partial charge in [0.25, 0.3) is 6.20 Å². The van der Waals surface area contributed by atoms with Crippen molar-refractivity contribution in [1.82, 2.24) is 15.5 Å². The van der Waals surface area contributed by atoms with Crippen LogP contribution in [0, 0.1) is 10.1 Å². The van der Waals surface area contributed by atoms with Crippen LogP contribution in [0.5, 0.6) is 5.75 Å². The van der Waals surface area contributed by atoms with Crippen molar-refractivity contribution in [3.05, 3.63) is 52.0 Å². The van der Waals surface area contributed by atoms with E-state index in [-0.39, 0.29) is 0 Å². The highest BCUT2D eigenvalue weighted by Gasteiger charge is 2.02. The number of hydrogen-bond acceptors (Lipinski definition) is 7. The molecule has 140 valence electrons. The first kappa shape index (κ1) is 20.7. The fourth-order valence-electron chi connectivity index (χ4n) is 2.13. The van der Waals surface area contributed by atoms with Crippen molar-refractivity contribution in [1.29, 1.82) is 0 Å². The average Bonchev–Trinajstić information content (AvgIpc) is 2.53. The molecule has 0 saturated carbocycles. The van der Waals surface area contributed by atoms with Crippen molar-refractivity contribution in [2.45, 2.75) is 13.0 Å². The molecule has 8 heteroatoms. The highest BCUT2D eigenvalue weighted by atomic mass is 16.6. The van der Waals surface area contributed by atoms with E-state index in [9.17, 15) is 10.1 Å². The minimum atomic E-state index is -0.491. The van der Waals surface area contributed by atoms with Gasteiger partial charge in [-0.3, -0.25) is 10.1 Å². The molecule has 8 nitrogen and oxygen atoms in total. The van der Waals surface area contributed by atoms with Gasteiger partial charge in [-0.2, -0.15) is 0 Å². The monoisotopic (exact) mass is 352 g/mol. The third kappa shape index (κ3) is 10.2. The molecular formula is C17H28N4O4. The van der Waals surface area contributed by atoms with Crippen molar-refractivity contribution in [3.63, 3.8) is 0 Å². The Bertz CT molecular complexity index is 549. The predicted molar refractivity (Wildman–Crippen MR) is 96.9 cm³/mol. The molecule has 0 heterocycles. The highest BCUT2D eigenvalue weighted by Crippen LogP contribution is 2.14. The van der Waals surface area contributed by atoms with Crippen LogP contribution < -0.4 is 15.4 Å². The first-order chi connectivity index (χ1) is 12.0. The summed E-state index contributed by atoms with van der Waals surface area (Å²) < 4.78 is 10.6. The van der Waals surface area contributed by atoms with Crippen LogP contribution >= 0.6 is 0 Å². The van der Waals surface area contributed by atoms with Crippen LogP contribution in [0.15, 0.2) is 36.3 Å². The normalized spacial score (nSPS) is 11.4. The summed E-state index contributed by atoms with van der Waals surface area (Å²) in [6, 6.07) is 7.99. The minimum Gasteiger partial charge on any atom is -0.494 e. The van der Waals surface area contributed by atoms with Gasteiger partial charge >= 0.3 is 0 Å². The number of nitrogens with zero attached hydrogens (tertiary/aromatic N) is 2. The molecule has 0 aliphatic carbocycles. The van der Waals surface area contributed by atoms with E-state index in [1.54, 1.807) is 7.11 Å². The average molecular weight is 352 g/mol. The number of rotatable bonds is 13. The summed E-state index contributed by atoms with van der Waals surface area (Å²) in [6.07, 6.45) is 1.64. The van der Waals surface area contributed by atoms with Crippen molar-refractivity contribution < 1.29 is 14.4 Å². The number of ether oxygens (including phenoxy) is 2. The number of benzene rings is 1. The van der Waals surface area contributed by atoms with Gasteiger partial charge in [0.15, 0.2) is 5.82 Å². The molecule has 0 radical (unpaired) electrons. The maximum absolute atomic E-state index is 10.6. The van der Waals surface area contributed by atoms with Crippen LogP contribution in [0.1, 0.15) is 12.0 Å². The van der Waals surface area contributed by atoms with Crippen LogP contribution in [0.25, 0.3) is 0 Å². The van der Waals surface area contributed by atoms with Gasteiger partial charge in [0.1, 0.15) is 5.75 Å². The second kappa shape index (κ2) is 12.1. The summed E-state index contributed by atoms with van der Waals surface area (Å²) in [6.45, 7) is 2.93. The summed E-state index contributed by atoms with van der Waals surface area (Å²) in [5.74, 6) is 1.20. The number of hydrogen-bond donors (Lipinski definition) is 2. The van der Waals surface area contributed by atoms with E-state index in [2.05, 4.69) is 21.6 Å². The molecule has 1 aromatic carbocycles. The van der Waals surface area contributed by atoms with E-state index in [0.29, 0.717) is 32.1 Å². The first-order valence-corrected chi connectivity index (χ1v) is 8.19. The van der Waals surface area contributed by atoms with E-state index in [0.717, 1.165) is 24.9 Å². The molecule has 0 amide bonds. The first-order valence-electron chi connectivity index (χ1n) is 8.19. The van der Waals surface area contributed by atoms with Crippen molar-refractivity contribution in [2.24, 2.45) is 0 Å². The number of methoxy groups -OCH3 is 1. The molecular weight excluding hydrogens is 324 g/mol. The Morgan fingerprint density at radius 1 is 1.28 bits per heavy atom. The van der Waals surface area contributed by atoms with E-state index in [1.165, 1.54) is 5.56 Å². The van der Waals surface area contributed by atoms with Crippen LogP contribution in [0.3, 0.4) is 0 Å². The molecule has 1 rings (SSSR count). The van der Waals surface area contributed by atoms with E-state index < -0.39 is 4.92 Å². The van der Waals surface area contributed by atoms with Gasteiger partial charge in [0, 0.05) is 26.7 Å². The quantitative estimate of drug-likeness (QED) is 0.315. The maximum Gasteiger partial charge on any atom is 0.274 e. The summed E-state index contributed by atoms with van der Waals surface area (Å²) in [4.78, 5) is 12.2. The summed E-state index contributed by atoms with van der Waals surface area (Å²) in [5.41, 5.74) is 1.19. The summed E-state index contributed by atoms with van der Waals surface area (Å²) in [5, 5.41) is 16.5. The molecule has 0 atom stereocenters. The zero-order chi connectivity index (χ0) is 18.5. The van der Waals surface area contributed by atoms with Gasteiger partial charge in [-0.25, -0.2) is 0 Å². The second-order valence-corrected chi connectivity index (χ2v) is 5.76. The smallest absolute Gasteiger partial charge is 0.274 e. The van der Waals surface area contributed by atoms with Gasteiger partial charge in [0.2, 0.25) is 0 Å². The van der Waals surface area contributed by atoms with Gasteiger partial charge < -0.3 is 25.0 Å². The predicted octanol–water partition coefficient (Wildman–Crippen LogP) is 1.42. The van der Waals surface area contributed by atoms with Crippen LogP contribution in [-0.4, -0.2) is 57.3 Å². The van der Waals surface area contributed by atoms with Gasteiger partial charge in [-0.1, -0.05) is 12.1 Å². The lowest BCUT2D eigenvalue weighted by Crippen LogP contribution is -2.30. The molecule has 0 aromatic heterocycles. The molecule has 0 aliphatic heterocycles.